The molecule has 4 fully saturated rings. The second-order valence-corrected chi connectivity index (χ2v) is 14.9. The summed E-state index contributed by atoms with van der Waals surface area (Å²) >= 11 is 1.47. The molecule has 4 saturated heterocycles. The van der Waals surface area contributed by atoms with Crippen molar-refractivity contribution in [3.05, 3.63) is 21.9 Å². The lowest BCUT2D eigenvalue weighted by molar-refractivity contribution is 0.107. The van der Waals surface area contributed by atoms with Gasteiger partial charge in [-0.2, -0.15) is 25.2 Å². The van der Waals surface area contributed by atoms with Gasteiger partial charge < -0.3 is 25.2 Å². The molecule has 3 aromatic rings. The summed E-state index contributed by atoms with van der Waals surface area (Å²) in [5.74, 6) is 1.41. The molecule has 14 heteroatoms. The number of aryl methyl sites for hydroxylation is 1. The number of nitriles is 1. The molecule has 44 heavy (non-hydrogen) atoms. The summed E-state index contributed by atoms with van der Waals surface area (Å²) in [6.07, 6.45) is 6.26. The molecular formula is C30H37FN10O2S. The minimum Gasteiger partial charge on any atom is -0.461 e. The smallest absolute Gasteiger partial charge is 0.321 e. The topological polar surface area (TPSA) is 155 Å². The number of piperazine rings is 1. The molecule has 12 nitrogen and oxygen atoms in total. The average molecular weight is 621 g/mol. The van der Waals surface area contributed by atoms with Crippen LogP contribution in [0.3, 0.4) is 0 Å². The van der Waals surface area contributed by atoms with Gasteiger partial charge in [-0.3, -0.25) is 4.90 Å². The van der Waals surface area contributed by atoms with Crippen molar-refractivity contribution >= 4 is 22.3 Å². The van der Waals surface area contributed by atoms with Gasteiger partial charge in [-0.1, -0.05) is 5.16 Å². The molecular weight excluding hydrogens is 583 g/mol. The Bertz CT molecular complexity index is 1660. The van der Waals surface area contributed by atoms with E-state index in [-0.39, 0.29) is 28.7 Å². The van der Waals surface area contributed by atoms with Gasteiger partial charge in [-0.15, -0.1) is 11.3 Å². The van der Waals surface area contributed by atoms with Crippen molar-refractivity contribution in [1.29, 1.82) is 5.26 Å². The van der Waals surface area contributed by atoms with Gasteiger partial charge in [0.1, 0.15) is 23.8 Å². The van der Waals surface area contributed by atoms with Gasteiger partial charge >= 0.3 is 6.01 Å². The predicted molar refractivity (Wildman–Crippen MR) is 161 cm³/mol. The molecule has 8 rings (SSSR count). The maximum atomic E-state index is 14.4. The van der Waals surface area contributed by atoms with E-state index >= 15 is 0 Å². The molecule has 1 aliphatic carbocycles. The minimum atomic E-state index is -0.847. The van der Waals surface area contributed by atoms with Crippen LogP contribution in [0.5, 0.6) is 6.01 Å². The van der Waals surface area contributed by atoms with Crippen molar-refractivity contribution in [2.45, 2.75) is 93.9 Å². The number of rotatable bonds is 6. The molecule has 0 saturated carbocycles. The highest BCUT2D eigenvalue weighted by molar-refractivity contribution is 7.16. The SMILES string of the molecule is C[C@]12CC[C@@H](CN(c3nc(OC[C@@]45CCCN4C[C@H](F)C5)nc(-c4noc([C@@]5(C)CCCc6sc(N)c(C#N)c65)n4)n3)C1)N2. The fourth-order valence-electron chi connectivity index (χ4n) is 8.44. The summed E-state index contributed by atoms with van der Waals surface area (Å²) in [4.78, 5) is 24.6. The molecule has 2 bridgehead atoms. The van der Waals surface area contributed by atoms with Gasteiger partial charge in [0.25, 0.3) is 0 Å². The Kier molecular flexibility index (Phi) is 6.42. The highest BCUT2D eigenvalue weighted by Crippen LogP contribution is 2.48. The van der Waals surface area contributed by atoms with Gasteiger partial charge in [-0.25, -0.2) is 4.39 Å². The van der Waals surface area contributed by atoms with Gasteiger partial charge in [0.15, 0.2) is 0 Å². The van der Waals surface area contributed by atoms with Crippen LogP contribution in [-0.4, -0.2) is 86.1 Å². The number of aromatic nitrogens is 5. The monoisotopic (exact) mass is 620 g/mol. The first-order valence-corrected chi connectivity index (χ1v) is 16.5. The standard InChI is InChI=1S/C30H37FN10O2S/c1-28-9-6-18(38-28)14-40(15-28)26-35-23(36-27(37-26)42-16-30-8-4-10-41(30)13-17(31)11-30)24-34-25(43-39-24)29(2)7-3-5-20-21(29)19(12-32)22(33)44-20/h17-18,38H,3-11,13-16,33H2,1-2H3/t17-,18+,28+,29+,30+/m1/s1. The molecule has 0 unspecified atom stereocenters. The van der Waals surface area contributed by atoms with Crippen molar-refractivity contribution < 1.29 is 13.7 Å². The van der Waals surface area contributed by atoms with E-state index in [1.54, 1.807) is 0 Å². The number of nitrogens with zero attached hydrogens (tertiary/aromatic N) is 8. The predicted octanol–water partition coefficient (Wildman–Crippen LogP) is 3.37. The number of nitrogens with two attached hydrogens (primary N) is 1. The number of hydrogen-bond acceptors (Lipinski definition) is 13. The van der Waals surface area contributed by atoms with Crippen LogP contribution in [-0.2, 0) is 11.8 Å². The van der Waals surface area contributed by atoms with E-state index in [9.17, 15) is 9.65 Å². The number of alkyl halides is 1. The lowest BCUT2D eigenvalue weighted by Gasteiger charge is -2.39. The third kappa shape index (κ3) is 4.46. The average Bonchev–Trinajstić information content (AvgIpc) is 3.80. The Morgan fingerprint density at radius 2 is 2.05 bits per heavy atom. The Balaban J connectivity index is 1.15. The molecule has 3 N–H and O–H groups in total. The van der Waals surface area contributed by atoms with Crippen LogP contribution in [0.25, 0.3) is 11.6 Å². The zero-order chi connectivity index (χ0) is 30.3. The number of thiophene rings is 1. The fourth-order valence-corrected chi connectivity index (χ4v) is 9.63. The van der Waals surface area contributed by atoms with Crippen LogP contribution in [0, 0.1) is 11.3 Å². The van der Waals surface area contributed by atoms with Crippen LogP contribution in [0.4, 0.5) is 15.3 Å². The Morgan fingerprint density at radius 3 is 2.89 bits per heavy atom. The van der Waals surface area contributed by atoms with Crippen molar-refractivity contribution in [3.63, 3.8) is 0 Å². The summed E-state index contributed by atoms with van der Waals surface area (Å²) in [7, 11) is 0. The first kappa shape index (κ1) is 28.1. The third-order valence-corrected chi connectivity index (χ3v) is 11.6. The van der Waals surface area contributed by atoms with Gasteiger partial charge in [0.2, 0.25) is 23.5 Å². The van der Waals surface area contributed by atoms with Gasteiger partial charge in [0.05, 0.1) is 16.5 Å². The van der Waals surface area contributed by atoms with Gasteiger partial charge in [-0.05, 0) is 65.3 Å². The summed E-state index contributed by atoms with van der Waals surface area (Å²) in [5.41, 5.74) is 6.61. The molecule has 5 aliphatic rings. The summed E-state index contributed by atoms with van der Waals surface area (Å²) in [5, 5.41) is 18.5. The van der Waals surface area contributed by atoms with E-state index in [0.717, 1.165) is 75.0 Å². The van der Waals surface area contributed by atoms with Crippen molar-refractivity contribution in [2.75, 3.05) is 43.4 Å². The first-order chi connectivity index (χ1) is 21.2. The van der Waals surface area contributed by atoms with Crippen molar-refractivity contribution in [1.82, 2.24) is 35.3 Å². The number of nitrogen functional groups attached to an aromatic ring is 1. The molecule has 0 amide bonds. The zero-order valence-corrected chi connectivity index (χ0v) is 25.9. The second-order valence-electron chi connectivity index (χ2n) is 13.8. The van der Waals surface area contributed by atoms with Crippen LogP contribution in [0.2, 0.25) is 0 Å². The van der Waals surface area contributed by atoms with Gasteiger partial charge in [0, 0.05) is 48.1 Å². The summed E-state index contributed by atoms with van der Waals surface area (Å²) in [6.45, 7) is 7.44. The maximum Gasteiger partial charge on any atom is 0.321 e. The molecule has 0 aromatic carbocycles. The highest BCUT2D eigenvalue weighted by atomic mass is 32.1. The molecule has 0 radical (unpaired) electrons. The Hall–Kier alpha value is -3.41. The second kappa shape index (κ2) is 10.1. The number of fused-ring (bicyclic) bond motifs is 4. The van der Waals surface area contributed by atoms with E-state index in [4.69, 9.17) is 29.9 Å². The number of ether oxygens (including phenoxy) is 1. The zero-order valence-electron chi connectivity index (χ0n) is 25.1. The van der Waals surface area contributed by atoms with E-state index in [0.29, 0.717) is 48.0 Å². The van der Waals surface area contributed by atoms with Crippen LogP contribution >= 0.6 is 11.3 Å². The van der Waals surface area contributed by atoms with Crippen LogP contribution in [0.15, 0.2) is 4.52 Å². The lowest BCUT2D eigenvalue weighted by atomic mass is 9.72. The van der Waals surface area contributed by atoms with Crippen LogP contribution in [0.1, 0.15) is 80.7 Å². The Morgan fingerprint density at radius 1 is 1.16 bits per heavy atom. The van der Waals surface area contributed by atoms with Crippen molar-refractivity contribution in [2.24, 2.45) is 0 Å². The number of hydrogen-bond donors (Lipinski definition) is 2. The maximum absolute atomic E-state index is 14.4. The summed E-state index contributed by atoms with van der Waals surface area (Å²) < 4.78 is 26.7. The normalized spacial score (nSPS) is 32.9. The summed E-state index contributed by atoms with van der Waals surface area (Å²) in [6, 6.07) is 2.83. The number of nitrogens with one attached hydrogen (secondary N) is 1. The van der Waals surface area contributed by atoms with E-state index in [1.807, 2.05) is 6.92 Å². The third-order valence-electron chi connectivity index (χ3n) is 10.5. The Labute approximate surface area is 259 Å². The minimum absolute atomic E-state index is 0.0204. The lowest BCUT2D eigenvalue weighted by Crippen LogP contribution is -2.58. The molecule has 0 spiro atoms. The number of anilines is 2. The molecule has 5 atom stereocenters. The van der Waals surface area contributed by atoms with E-state index in [1.165, 1.54) is 11.3 Å². The first-order valence-electron chi connectivity index (χ1n) is 15.6. The van der Waals surface area contributed by atoms with Crippen molar-refractivity contribution in [3.8, 4) is 23.7 Å². The van der Waals surface area contributed by atoms with Crippen LogP contribution < -0.4 is 20.7 Å². The van der Waals surface area contributed by atoms with E-state index in [2.05, 4.69) is 38.3 Å². The fraction of sp³-hybridized carbons (Fsp3) is 0.667. The molecule has 3 aromatic heterocycles. The largest absolute Gasteiger partial charge is 0.461 e. The number of halogens is 1. The molecule has 232 valence electrons. The highest BCUT2D eigenvalue weighted by Gasteiger charge is 2.50. The molecule has 4 aliphatic heterocycles. The quantitative estimate of drug-likeness (QED) is 0.415. The van der Waals surface area contributed by atoms with E-state index < -0.39 is 11.6 Å². The molecule has 7 heterocycles.